The molecule has 27 heavy (non-hydrogen) atoms. The molecule has 10 heteroatoms. The minimum absolute atomic E-state index is 0.000652. The van der Waals surface area contributed by atoms with Crippen molar-refractivity contribution in [3.63, 3.8) is 0 Å². The van der Waals surface area contributed by atoms with Crippen LogP contribution in [0.3, 0.4) is 0 Å². The summed E-state index contributed by atoms with van der Waals surface area (Å²) in [5.74, 6) is 0.0423. The van der Waals surface area contributed by atoms with Crippen LogP contribution in [0.15, 0.2) is 52.1 Å². The summed E-state index contributed by atoms with van der Waals surface area (Å²) in [4.78, 5) is 22.4. The van der Waals surface area contributed by atoms with Crippen LogP contribution in [0.4, 0.5) is 11.4 Å². The minimum atomic E-state index is -0.521. The Morgan fingerprint density at radius 3 is 2.70 bits per heavy atom. The predicted molar refractivity (Wildman–Crippen MR) is 98.6 cm³/mol. The molecule has 0 aliphatic carbocycles. The van der Waals surface area contributed by atoms with E-state index in [1.165, 1.54) is 24.3 Å². The van der Waals surface area contributed by atoms with E-state index in [0.29, 0.717) is 16.8 Å². The Morgan fingerprint density at radius 1 is 1.26 bits per heavy atom. The highest BCUT2D eigenvalue weighted by Crippen LogP contribution is 2.25. The van der Waals surface area contributed by atoms with Crippen LogP contribution < -0.4 is 5.32 Å². The van der Waals surface area contributed by atoms with Gasteiger partial charge < -0.3 is 14.8 Å². The van der Waals surface area contributed by atoms with Gasteiger partial charge in [-0.3, -0.25) is 14.9 Å². The van der Waals surface area contributed by atoms with Crippen molar-refractivity contribution in [2.45, 2.75) is 12.1 Å². The molecule has 0 unspecified atom stereocenters. The molecule has 0 radical (unpaired) electrons. The third kappa shape index (κ3) is 4.61. The maximum Gasteiger partial charge on any atom is 0.277 e. The molecule has 0 atom stereocenters. The molecule has 0 aliphatic rings. The number of hydrogen-bond donors (Lipinski definition) is 2. The van der Waals surface area contributed by atoms with Crippen LogP contribution in [0, 0.1) is 17.0 Å². The molecule has 138 valence electrons. The Bertz CT molecular complexity index is 987. The number of amides is 1. The van der Waals surface area contributed by atoms with E-state index in [-0.39, 0.29) is 34.2 Å². The molecule has 0 saturated carbocycles. The van der Waals surface area contributed by atoms with Crippen molar-refractivity contribution in [3.8, 4) is 17.2 Å². The number of aryl methyl sites for hydroxylation is 1. The van der Waals surface area contributed by atoms with Gasteiger partial charge in [-0.15, -0.1) is 10.2 Å². The fraction of sp³-hybridized carbons (Fsp3) is 0.118. The molecule has 2 aromatic carbocycles. The van der Waals surface area contributed by atoms with Gasteiger partial charge in [0.1, 0.15) is 5.75 Å². The average molecular weight is 386 g/mol. The van der Waals surface area contributed by atoms with Gasteiger partial charge in [0, 0.05) is 17.7 Å². The van der Waals surface area contributed by atoms with Gasteiger partial charge in [-0.2, -0.15) is 0 Å². The Balaban J connectivity index is 1.61. The summed E-state index contributed by atoms with van der Waals surface area (Å²) in [6.45, 7) is 1.74. The van der Waals surface area contributed by atoms with Crippen molar-refractivity contribution in [3.05, 3.63) is 58.1 Å². The SMILES string of the molecule is Cc1ccc([N+](=O)[O-])cc1NC(=O)CSc1nnc(-c2ccc(O)cc2)o1. The summed E-state index contributed by atoms with van der Waals surface area (Å²) in [5, 5.41) is 30.7. The van der Waals surface area contributed by atoms with E-state index in [4.69, 9.17) is 4.42 Å². The van der Waals surface area contributed by atoms with Crippen LogP contribution >= 0.6 is 11.8 Å². The lowest BCUT2D eigenvalue weighted by Gasteiger charge is -2.07. The Kier molecular flexibility index (Phi) is 5.36. The van der Waals surface area contributed by atoms with Gasteiger partial charge in [0.15, 0.2) is 0 Å². The molecule has 1 amide bonds. The summed E-state index contributed by atoms with van der Waals surface area (Å²) in [6, 6.07) is 10.5. The summed E-state index contributed by atoms with van der Waals surface area (Å²) in [7, 11) is 0. The monoisotopic (exact) mass is 386 g/mol. The maximum atomic E-state index is 12.1. The number of nitro benzene ring substituents is 1. The van der Waals surface area contributed by atoms with Crippen molar-refractivity contribution < 1.29 is 19.2 Å². The van der Waals surface area contributed by atoms with E-state index in [1.807, 2.05) is 0 Å². The quantitative estimate of drug-likeness (QED) is 0.374. The normalized spacial score (nSPS) is 10.6. The number of non-ortho nitro benzene ring substituents is 1. The molecule has 0 bridgehead atoms. The predicted octanol–water partition coefficient (Wildman–Crippen LogP) is 3.39. The summed E-state index contributed by atoms with van der Waals surface area (Å²) in [6.07, 6.45) is 0. The zero-order valence-electron chi connectivity index (χ0n) is 14.1. The first kappa shape index (κ1) is 18.4. The molecule has 1 heterocycles. The molecule has 9 nitrogen and oxygen atoms in total. The number of carbonyl (C=O) groups is 1. The molecule has 0 saturated heterocycles. The van der Waals surface area contributed by atoms with E-state index >= 15 is 0 Å². The molecular weight excluding hydrogens is 372 g/mol. The van der Waals surface area contributed by atoms with Crippen molar-refractivity contribution in [2.75, 3.05) is 11.1 Å². The second-order valence-corrected chi connectivity index (χ2v) is 6.44. The molecule has 1 aromatic heterocycles. The summed E-state index contributed by atoms with van der Waals surface area (Å²) < 4.78 is 5.47. The van der Waals surface area contributed by atoms with Gasteiger partial charge in [-0.25, -0.2) is 0 Å². The number of nitrogens with zero attached hydrogens (tertiary/aromatic N) is 3. The largest absolute Gasteiger partial charge is 0.508 e. The number of aromatic nitrogens is 2. The number of phenols is 1. The van der Waals surface area contributed by atoms with Gasteiger partial charge in [0.2, 0.25) is 11.8 Å². The molecule has 2 N–H and O–H groups in total. The number of nitrogens with one attached hydrogen (secondary N) is 1. The molecule has 3 rings (SSSR count). The standard InChI is InChI=1S/C17H14N4O5S/c1-10-2-5-12(21(24)25)8-14(10)18-15(23)9-27-17-20-19-16(26-17)11-3-6-13(22)7-4-11/h2-8,22H,9H2,1H3,(H,18,23). The third-order valence-electron chi connectivity index (χ3n) is 3.55. The number of thioether (sulfide) groups is 1. The van der Waals surface area contributed by atoms with E-state index < -0.39 is 4.92 Å². The number of phenolic OH excluding ortho intramolecular Hbond substituents is 1. The molecular formula is C17H14N4O5S. The number of hydrogen-bond acceptors (Lipinski definition) is 8. The lowest BCUT2D eigenvalue weighted by molar-refractivity contribution is -0.384. The van der Waals surface area contributed by atoms with E-state index in [2.05, 4.69) is 15.5 Å². The van der Waals surface area contributed by atoms with Crippen molar-refractivity contribution in [1.29, 1.82) is 0 Å². The third-order valence-corrected chi connectivity index (χ3v) is 4.37. The van der Waals surface area contributed by atoms with Gasteiger partial charge >= 0.3 is 0 Å². The fourth-order valence-corrected chi connectivity index (χ4v) is 2.72. The maximum absolute atomic E-state index is 12.1. The van der Waals surface area contributed by atoms with Crippen LogP contribution in [-0.4, -0.2) is 31.9 Å². The van der Waals surface area contributed by atoms with Gasteiger partial charge in [-0.1, -0.05) is 17.8 Å². The summed E-state index contributed by atoms with van der Waals surface area (Å²) >= 11 is 1.05. The van der Waals surface area contributed by atoms with E-state index in [1.54, 1.807) is 25.1 Å². The first-order valence-corrected chi connectivity index (χ1v) is 8.71. The van der Waals surface area contributed by atoms with Crippen LogP contribution in [0.1, 0.15) is 5.56 Å². The van der Waals surface area contributed by atoms with Crippen molar-refractivity contribution >= 4 is 29.0 Å². The topological polar surface area (TPSA) is 131 Å². The minimum Gasteiger partial charge on any atom is -0.508 e. The number of benzene rings is 2. The first-order chi connectivity index (χ1) is 12.9. The first-order valence-electron chi connectivity index (χ1n) is 7.73. The number of rotatable bonds is 6. The van der Waals surface area contributed by atoms with E-state index in [0.717, 1.165) is 11.8 Å². The summed E-state index contributed by atoms with van der Waals surface area (Å²) in [5.41, 5.74) is 1.64. The number of carbonyl (C=O) groups excluding carboxylic acids is 1. The molecule has 0 fully saturated rings. The van der Waals surface area contributed by atoms with Crippen LogP contribution in [0.2, 0.25) is 0 Å². The Labute approximate surface area is 157 Å². The fourth-order valence-electron chi connectivity index (χ4n) is 2.16. The second-order valence-electron chi connectivity index (χ2n) is 5.51. The number of aromatic hydroxyl groups is 1. The molecule has 0 spiro atoms. The highest BCUT2D eigenvalue weighted by molar-refractivity contribution is 7.99. The highest BCUT2D eigenvalue weighted by Gasteiger charge is 2.14. The number of nitro groups is 1. The zero-order valence-corrected chi connectivity index (χ0v) is 14.9. The van der Waals surface area contributed by atoms with Crippen molar-refractivity contribution in [2.24, 2.45) is 0 Å². The molecule has 3 aromatic rings. The lowest BCUT2D eigenvalue weighted by atomic mass is 10.2. The highest BCUT2D eigenvalue weighted by atomic mass is 32.2. The zero-order chi connectivity index (χ0) is 19.4. The van der Waals surface area contributed by atoms with Crippen LogP contribution in [-0.2, 0) is 4.79 Å². The lowest BCUT2D eigenvalue weighted by Crippen LogP contribution is -2.15. The smallest absolute Gasteiger partial charge is 0.277 e. The Hall–Kier alpha value is -3.40. The van der Waals surface area contributed by atoms with Crippen molar-refractivity contribution in [1.82, 2.24) is 10.2 Å². The van der Waals surface area contributed by atoms with Crippen LogP contribution in [0.25, 0.3) is 11.5 Å². The van der Waals surface area contributed by atoms with Gasteiger partial charge in [0.05, 0.1) is 16.4 Å². The van der Waals surface area contributed by atoms with Crippen LogP contribution in [0.5, 0.6) is 5.75 Å². The van der Waals surface area contributed by atoms with E-state index in [9.17, 15) is 20.0 Å². The Morgan fingerprint density at radius 2 is 2.00 bits per heavy atom. The van der Waals surface area contributed by atoms with Gasteiger partial charge in [-0.05, 0) is 36.8 Å². The average Bonchev–Trinajstić information content (AvgIpc) is 3.11. The van der Waals surface area contributed by atoms with Gasteiger partial charge in [0.25, 0.3) is 10.9 Å². The number of anilines is 1. The second kappa shape index (κ2) is 7.87. The molecule has 0 aliphatic heterocycles.